The summed E-state index contributed by atoms with van der Waals surface area (Å²) < 4.78 is 2.01. The monoisotopic (exact) mass is 350 g/mol. The SMILES string of the molecule is Cc1nnc(CN=C(NC2CCCCC2)NC2CCCSC2)n1C. The van der Waals surface area contributed by atoms with E-state index in [1.54, 1.807) is 0 Å². The van der Waals surface area contributed by atoms with Crippen LogP contribution in [-0.2, 0) is 13.6 Å². The van der Waals surface area contributed by atoms with Gasteiger partial charge in [0.1, 0.15) is 12.4 Å². The van der Waals surface area contributed by atoms with Crippen LogP contribution in [-0.4, -0.2) is 44.3 Å². The van der Waals surface area contributed by atoms with Gasteiger partial charge in [-0.1, -0.05) is 19.3 Å². The van der Waals surface area contributed by atoms with E-state index in [9.17, 15) is 0 Å². The molecular weight excluding hydrogens is 320 g/mol. The minimum absolute atomic E-state index is 0.528. The van der Waals surface area contributed by atoms with Gasteiger partial charge in [-0.25, -0.2) is 4.99 Å². The zero-order valence-electron chi connectivity index (χ0n) is 14.9. The highest BCUT2D eigenvalue weighted by atomic mass is 32.2. The minimum atomic E-state index is 0.528. The highest BCUT2D eigenvalue weighted by Crippen LogP contribution is 2.19. The van der Waals surface area contributed by atoms with Gasteiger partial charge in [-0.05, 0) is 38.4 Å². The standard InChI is InChI=1S/C17H30N6S/c1-13-21-22-16(23(13)2)11-18-17(19-14-7-4-3-5-8-14)20-15-9-6-10-24-12-15/h14-15H,3-12H2,1-2H3,(H2,18,19,20). The summed E-state index contributed by atoms with van der Waals surface area (Å²) in [5.41, 5.74) is 0. The largest absolute Gasteiger partial charge is 0.354 e. The van der Waals surface area contributed by atoms with E-state index in [1.807, 2.05) is 30.3 Å². The second-order valence-corrected chi connectivity index (χ2v) is 8.07. The number of aromatic nitrogens is 3. The van der Waals surface area contributed by atoms with Crippen molar-refractivity contribution >= 4 is 17.7 Å². The second-order valence-electron chi connectivity index (χ2n) is 6.92. The molecule has 2 fully saturated rings. The van der Waals surface area contributed by atoms with Crippen LogP contribution in [0.2, 0.25) is 0 Å². The molecule has 0 radical (unpaired) electrons. The van der Waals surface area contributed by atoms with Gasteiger partial charge in [0, 0.05) is 24.9 Å². The molecule has 1 atom stereocenters. The summed E-state index contributed by atoms with van der Waals surface area (Å²) in [6, 6.07) is 1.09. The molecule has 0 bridgehead atoms. The van der Waals surface area contributed by atoms with E-state index in [1.165, 1.54) is 56.5 Å². The fourth-order valence-electron chi connectivity index (χ4n) is 3.36. The Morgan fingerprint density at radius 1 is 1.12 bits per heavy atom. The lowest BCUT2D eigenvalue weighted by Crippen LogP contribution is -2.49. The van der Waals surface area contributed by atoms with E-state index < -0.39 is 0 Å². The third-order valence-electron chi connectivity index (χ3n) is 5.01. The van der Waals surface area contributed by atoms with Crippen LogP contribution in [0.15, 0.2) is 4.99 Å². The summed E-state index contributed by atoms with van der Waals surface area (Å²) in [5.74, 6) is 5.26. The van der Waals surface area contributed by atoms with E-state index in [-0.39, 0.29) is 0 Å². The highest BCUT2D eigenvalue weighted by molar-refractivity contribution is 7.99. The number of rotatable bonds is 4. The Kier molecular flexibility index (Phi) is 6.40. The van der Waals surface area contributed by atoms with Gasteiger partial charge in [-0.3, -0.25) is 0 Å². The van der Waals surface area contributed by atoms with Crippen LogP contribution in [0.5, 0.6) is 0 Å². The lowest BCUT2D eigenvalue weighted by Gasteiger charge is -2.29. The molecule has 1 aromatic heterocycles. The Bertz CT molecular complexity index is 521. The molecule has 1 saturated carbocycles. The number of guanidine groups is 1. The fourth-order valence-corrected chi connectivity index (χ4v) is 4.43. The summed E-state index contributed by atoms with van der Waals surface area (Å²) in [6.07, 6.45) is 9.06. The zero-order chi connectivity index (χ0) is 16.8. The maximum Gasteiger partial charge on any atom is 0.192 e. The Morgan fingerprint density at radius 3 is 2.54 bits per heavy atom. The maximum absolute atomic E-state index is 4.82. The van der Waals surface area contributed by atoms with E-state index in [4.69, 9.17) is 4.99 Å². The Labute approximate surface area is 149 Å². The van der Waals surface area contributed by atoms with Crippen molar-refractivity contribution in [2.75, 3.05) is 11.5 Å². The third-order valence-corrected chi connectivity index (χ3v) is 6.22. The first-order valence-electron chi connectivity index (χ1n) is 9.22. The van der Waals surface area contributed by atoms with E-state index in [2.05, 4.69) is 20.8 Å². The Balaban J connectivity index is 1.64. The molecule has 2 heterocycles. The molecule has 1 aliphatic heterocycles. The van der Waals surface area contributed by atoms with Gasteiger partial charge >= 0.3 is 0 Å². The quantitative estimate of drug-likeness (QED) is 0.645. The van der Waals surface area contributed by atoms with Gasteiger partial charge in [0.25, 0.3) is 0 Å². The first-order chi connectivity index (χ1) is 11.7. The van der Waals surface area contributed by atoms with Crippen molar-refractivity contribution in [2.45, 2.75) is 70.5 Å². The van der Waals surface area contributed by atoms with Crippen LogP contribution in [0.25, 0.3) is 0 Å². The first-order valence-corrected chi connectivity index (χ1v) is 10.4. The number of nitrogens with zero attached hydrogens (tertiary/aromatic N) is 4. The van der Waals surface area contributed by atoms with E-state index >= 15 is 0 Å². The van der Waals surface area contributed by atoms with Crippen LogP contribution in [0.1, 0.15) is 56.6 Å². The summed E-state index contributed by atoms with van der Waals surface area (Å²) in [6.45, 7) is 2.54. The van der Waals surface area contributed by atoms with Gasteiger partial charge < -0.3 is 15.2 Å². The molecule has 2 N–H and O–H groups in total. The van der Waals surface area contributed by atoms with Gasteiger partial charge in [-0.2, -0.15) is 11.8 Å². The molecule has 2 aliphatic rings. The summed E-state index contributed by atoms with van der Waals surface area (Å²) in [5, 5.41) is 15.7. The average Bonchev–Trinajstić information content (AvgIpc) is 2.93. The average molecular weight is 351 g/mol. The zero-order valence-corrected chi connectivity index (χ0v) is 15.7. The fraction of sp³-hybridized carbons (Fsp3) is 0.824. The van der Waals surface area contributed by atoms with Crippen molar-refractivity contribution in [1.82, 2.24) is 25.4 Å². The first kappa shape index (κ1) is 17.6. The second kappa shape index (κ2) is 8.74. The van der Waals surface area contributed by atoms with Crippen molar-refractivity contribution in [3.8, 4) is 0 Å². The van der Waals surface area contributed by atoms with Gasteiger partial charge in [0.15, 0.2) is 11.8 Å². The third kappa shape index (κ3) is 4.88. The lowest BCUT2D eigenvalue weighted by atomic mass is 9.96. The number of aliphatic imine (C=N–C) groups is 1. The van der Waals surface area contributed by atoms with Crippen molar-refractivity contribution in [3.63, 3.8) is 0 Å². The smallest absolute Gasteiger partial charge is 0.192 e. The number of hydrogen-bond donors (Lipinski definition) is 2. The Morgan fingerprint density at radius 2 is 1.88 bits per heavy atom. The topological polar surface area (TPSA) is 67.1 Å². The summed E-state index contributed by atoms with van der Waals surface area (Å²) >= 11 is 2.04. The molecule has 1 aromatic rings. The van der Waals surface area contributed by atoms with Crippen molar-refractivity contribution < 1.29 is 0 Å². The number of aryl methyl sites for hydroxylation is 1. The predicted molar refractivity (Wildman–Crippen MR) is 100 cm³/mol. The van der Waals surface area contributed by atoms with Gasteiger partial charge in [0.05, 0.1) is 0 Å². The van der Waals surface area contributed by atoms with Gasteiger partial charge in [-0.15, -0.1) is 10.2 Å². The molecule has 24 heavy (non-hydrogen) atoms. The van der Waals surface area contributed by atoms with Crippen LogP contribution in [0, 0.1) is 6.92 Å². The molecular formula is C17H30N6S. The van der Waals surface area contributed by atoms with Crippen LogP contribution < -0.4 is 10.6 Å². The molecule has 1 unspecified atom stereocenters. The minimum Gasteiger partial charge on any atom is -0.354 e. The summed E-state index contributed by atoms with van der Waals surface area (Å²) in [4.78, 5) is 4.82. The summed E-state index contributed by atoms with van der Waals surface area (Å²) in [7, 11) is 2.00. The number of hydrogen-bond acceptors (Lipinski definition) is 4. The molecule has 0 aromatic carbocycles. The number of nitrogens with one attached hydrogen (secondary N) is 2. The van der Waals surface area contributed by atoms with Crippen molar-refractivity contribution in [2.24, 2.45) is 12.0 Å². The van der Waals surface area contributed by atoms with E-state index in [0.29, 0.717) is 18.6 Å². The molecule has 1 saturated heterocycles. The van der Waals surface area contributed by atoms with Crippen molar-refractivity contribution in [3.05, 3.63) is 11.6 Å². The molecule has 0 spiro atoms. The van der Waals surface area contributed by atoms with Crippen molar-refractivity contribution in [1.29, 1.82) is 0 Å². The molecule has 3 rings (SSSR count). The molecule has 0 amide bonds. The molecule has 134 valence electrons. The number of thioether (sulfide) groups is 1. The molecule has 7 heteroatoms. The van der Waals surface area contributed by atoms with Gasteiger partial charge in [0.2, 0.25) is 0 Å². The van der Waals surface area contributed by atoms with E-state index in [0.717, 1.165) is 17.6 Å². The lowest BCUT2D eigenvalue weighted by molar-refractivity contribution is 0.407. The molecule has 1 aliphatic carbocycles. The van der Waals surface area contributed by atoms with Crippen LogP contribution >= 0.6 is 11.8 Å². The highest BCUT2D eigenvalue weighted by Gasteiger charge is 2.19. The predicted octanol–water partition coefficient (Wildman–Crippen LogP) is 2.39. The van der Waals surface area contributed by atoms with Crippen LogP contribution in [0.3, 0.4) is 0 Å². The molecule has 6 nitrogen and oxygen atoms in total. The normalized spacial score (nSPS) is 23.2. The maximum atomic E-state index is 4.82. The Hall–Kier alpha value is -1.24. The van der Waals surface area contributed by atoms with Crippen LogP contribution in [0.4, 0.5) is 0 Å².